The molecule has 0 saturated carbocycles. The molecule has 0 spiro atoms. The van der Waals surface area contributed by atoms with E-state index in [1.165, 1.54) is 12.4 Å². The van der Waals surface area contributed by atoms with Crippen LogP contribution in [-0.4, -0.2) is 49.0 Å². The first-order chi connectivity index (χ1) is 13.9. The number of carbonyl (C=O) groups excluding carboxylic acids is 2. The third-order valence-electron chi connectivity index (χ3n) is 4.92. The number of fused-ring (bicyclic) bond motifs is 1. The van der Waals surface area contributed by atoms with E-state index in [-0.39, 0.29) is 11.8 Å². The van der Waals surface area contributed by atoms with Crippen LogP contribution in [0, 0.1) is 5.92 Å². The van der Waals surface area contributed by atoms with Crippen LogP contribution < -0.4 is 14.8 Å². The Morgan fingerprint density at radius 2 is 1.72 bits per heavy atom. The predicted molar refractivity (Wildman–Crippen MR) is 109 cm³/mol. The molecule has 0 unspecified atom stereocenters. The summed E-state index contributed by atoms with van der Waals surface area (Å²) >= 11 is 0. The number of nitrogens with one attached hydrogen (secondary N) is 1. The van der Waals surface area contributed by atoms with Gasteiger partial charge in [-0.15, -0.1) is 0 Å². The maximum absolute atomic E-state index is 13.0. The SMILES string of the molecule is COc1cc2c(cc1OC)CN(C(=O)c1cncc(C(=O)NCC(C)C)c1)CC2. The van der Waals surface area contributed by atoms with Crippen molar-refractivity contribution in [2.45, 2.75) is 26.8 Å². The lowest BCUT2D eigenvalue weighted by Crippen LogP contribution is -2.36. The molecule has 0 atom stereocenters. The molecular weight excluding hydrogens is 370 g/mol. The summed E-state index contributed by atoms with van der Waals surface area (Å²) < 4.78 is 10.7. The quantitative estimate of drug-likeness (QED) is 0.811. The summed E-state index contributed by atoms with van der Waals surface area (Å²) in [6, 6.07) is 5.49. The van der Waals surface area contributed by atoms with Gasteiger partial charge in [0.1, 0.15) is 0 Å². The van der Waals surface area contributed by atoms with Gasteiger partial charge in [-0.25, -0.2) is 0 Å². The number of ether oxygens (including phenoxy) is 2. The zero-order valence-corrected chi connectivity index (χ0v) is 17.3. The first-order valence-corrected chi connectivity index (χ1v) is 9.69. The van der Waals surface area contributed by atoms with E-state index in [9.17, 15) is 9.59 Å². The normalized spacial score (nSPS) is 13.1. The van der Waals surface area contributed by atoms with Crippen LogP contribution in [0.5, 0.6) is 11.5 Å². The third kappa shape index (κ3) is 4.67. The average molecular weight is 397 g/mol. The van der Waals surface area contributed by atoms with Crippen molar-refractivity contribution in [3.05, 3.63) is 52.8 Å². The molecule has 1 aromatic heterocycles. The van der Waals surface area contributed by atoms with Crippen LogP contribution >= 0.6 is 0 Å². The molecule has 1 aromatic carbocycles. The molecular formula is C22H27N3O4. The number of nitrogens with zero attached hydrogens (tertiary/aromatic N) is 2. The number of amides is 2. The molecule has 1 aliphatic rings. The topological polar surface area (TPSA) is 80.8 Å². The smallest absolute Gasteiger partial charge is 0.255 e. The molecule has 0 saturated heterocycles. The zero-order chi connectivity index (χ0) is 21.0. The van der Waals surface area contributed by atoms with Crippen LogP contribution in [0.1, 0.15) is 45.7 Å². The van der Waals surface area contributed by atoms with Gasteiger partial charge in [-0.2, -0.15) is 0 Å². The van der Waals surface area contributed by atoms with E-state index in [1.54, 1.807) is 25.2 Å². The first-order valence-electron chi connectivity index (χ1n) is 9.69. The van der Waals surface area contributed by atoms with Crippen molar-refractivity contribution in [2.24, 2.45) is 5.92 Å². The molecule has 1 aliphatic heterocycles. The maximum atomic E-state index is 13.0. The molecule has 0 bridgehead atoms. The summed E-state index contributed by atoms with van der Waals surface area (Å²) in [7, 11) is 3.21. The van der Waals surface area contributed by atoms with Crippen molar-refractivity contribution in [1.29, 1.82) is 0 Å². The lowest BCUT2D eigenvalue weighted by molar-refractivity contribution is 0.0734. The lowest BCUT2D eigenvalue weighted by atomic mass is 9.98. The van der Waals surface area contributed by atoms with E-state index in [2.05, 4.69) is 10.3 Å². The standard InChI is InChI=1S/C22H27N3O4/c1-14(2)10-24-21(26)16-7-17(12-23-11-16)22(27)25-6-5-15-8-19(28-3)20(29-4)9-18(15)13-25/h7-9,11-12,14H,5-6,10,13H2,1-4H3,(H,24,26). The number of aromatic nitrogens is 1. The van der Waals surface area contributed by atoms with Crippen LogP contribution in [0.4, 0.5) is 0 Å². The van der Waals surface area contributed by atoms with Gasteiger partial charge in [-0.3, -0.25) is 14.6 Å². The van der Waals surface area contributed by atoms with Crippen LogP contribution in [0.25, 0.3) is 0 Å². The Morgan fingerprint density at radius 1 is 1.07 bits per heavy atom. The van der Waals surface area contributed by atoms with Gasteiger partial charge in [-0.1, -0.05) is 13.8 Å². The summed E-state index contributed by atoms with van der Waals surface area (Å²) in [4.78, 5) is 31.2. The molecule has 1 N–H and O–H groups in total. The fourth-order valence-electron chi connectivity index (χ4n) is 3.32. The van der Waals surface area contributed by atoms with Gasteiger partial charge in [0.25, 0.3) is 11.8 Å². The Balaban J connectivity index is 1.77. The van der Waals surface area contributed by atoms with E-state index in [0.717, 1.165) is 17.5 Å². The van der Waals surface area contributed by atoms with E-state index in [1.807, 2.05) is 26.0 Å². The van der Waals surface area contributed by atoms with Crippen molar-refractivity contribution < 1.29 is 19.1 Å². The van der Waals surface area contributed by atoms with Gasteiger partial charge >= 0.3 is 0 Å². The summed E-state index contributed by atoms with van der Waals surface area (Å²) in [6.07, 6.45) is 3.71. The summed E-state index contributed by atoms with van der Waals surface area (Å²) in [6.45, 7) is 5.68. The number of hydrogen-bond donors (Lipinski definition) is 1. The molecule has 7 heteroatoms. The number of rotatable bonds is 6. The Kier molecular flexibility index (Phi) is 6.36. The summed E-state index contributed by atoms with van der Waals surface area (Å²) in [5.41, 5.74) is 2.97. The molecule has 3 rings (SSSR count). The molecule has 0 fully saturated rings. The molecule has 2 aromatic rings. The minimum absolute atomic E-state index is 0.142. The largest absolute Gasteiger partial charge is 0.493 e. The first kappa shape index (κ1) is 20.6. The number of pyridine rings is 1. The minimum atomic E-state index is -0.221. The number of methoxy groups -OCH3 is 2. The predicted octanol–water partition coefficient (Wildman–Crippen LogP) is 2.68. The van der Waals surface area contributed by atoms with Gasteiger partial charge in [0.15, 0.2) is 11.5 Å². The summed E-state index contributed by atoms with van der Waals surface area (Å²) in [5.74, 6) is 1.32. The maximum Gasteiger partial charge on any atom is 0.255 e. The van der Waals surface area contributed by atoms with Crippen molar-refractivity contribution in [1.82, 2.24) is 15.2 Å². The Labute approximate surface area is 171 Å². The highest BCUT2D eigenvalue weighted by Crippen LogP contribution is 2.33. The van der Waals surface area contributed by atoms with Gasteiger partial charge < -0.3 is 19.7 Å². The van der Waals surface area contributed by atoms with Gasteiger partial charge in [0.05, 0.1) is 25.3 Å². The highest BCUT2D eigenvalue weighted by atomic mass is 16.5. The molecule has 7 nitrogen and oxygen atoms in total. The van der Waals surface area contributed by atoms with E-state index < -0.39 is 0 Å². The minimum Gasteiger partial charge on any atom is -0.493 e. The fourth-order valence-corrected chi connectivity index (χ4v) is 3.32. The lowest BCUT2D eigenvalue weighted by Gasteiger charge is -2.29. The van der Waals surface area contributed by atoms with E-state index >= 15 is 0 Å². The van der Waals surface area contributed by atoms with Crippen molar-refractivity contribution >= 4 is 11.8 Å². The van der Waals surface area contributed by atoms with Crippen LogP contribution in [0.2, 0.25) is 0 Å². The second-order valence-corrected chi connectivity index (χ2v) is 7.52. The van der Waals surface area contributed by atoms with Crippen LogP contribution in [0.15, 0.2) is 30.6 Å². The monoisotopic (exact) mass is 397 g/mol. The van der Waals surface area contributed by atoms with E-state index in [0.29, 0.717) is 48.2 Å². The van der Waals surface area contributed by atoms with Crippen molar-refractivity contribution in [3.8, 4) is 11.5 Å². The second-order valence-electron chi connectivity index (χ2n) is 7.52. The average Bonchev–Trinajstić information content (AvgIpc) is 2.75. The third-order valence-corrected chi connectivity index (χ3v) is 4.92. The molecule has 0 radical (unpaired) electrons. The fraction of sp³-hybridized carbons (Fsp3) is 0.409. The van der Waals surface area contributed by atoms with Gasteiger partial charge in [0.2, 0.25) is 0 Å². The molecule has 2 amide bonds. The van der Waals surface area contributed by atoms with E-state index in [4.69, 9.17) is 9.47 Å². The van der Waals surface area contributed by atoms with Gasteiger partial charge in [-0.05, 0) is 41.7 Å². The number of benzene rings is 1. The molecule has 29 heavy (non-hydrogen) atoms. The van der Waals surface area contributed by atoms with Gasteiger partial charge in [0, 0.05) is 32.0 Å². The number of carbonyl (C=O) groups is 2. The van der Waals surface area contributed by atoms with Crippen LogP contribution in [0.3, 0.4) is 0 Å². The molecule has 0 aliphatic carbocycles. The molecule has 2 heterocycles. The summed E-state index contributed by atoms with van der Waals surface area (Å²) in [5, 5.41) is 2.85. The molecule has 154 valence electrons. The van der Waals surface area contributed by atoms with Crippen molar-refractivity contribution in [2.75, 3.05) is 27.3 Å². The number of hydrogen-bond acceptors (Lipinski definition) is 5. The second kappa shape index (κ2) is 8.94. The Morgan fingerprint density at radius 3 is 2.38 bits per heavy atom. The zero-order valence-electron chi connectivity index (χ0n) is 17.3. The highest BCUT2D eigenvalue weighted by Gasteiger charge is 2.24. The van der Waals surface area contributed by atoms with Crippen molar-refractivity contribution in [3.63, 3.8) is 0 Å². The van der Waals surface area contributed by atoms with Crippen LogP contribution in [-0.2, 0) is 13.0 Å². The Bertz CT molecular complexity index is 911. The highest BCUT2D eigenvalue weighted by molar-refractivity contribution is 5.99. The Hall–Kier alpha value is -3.09.